The summed E-state index contributed by atoms with van der Waals surface area (Å²) in [6, 6.07) is 42.2. The number of carbonyl (C=O) groups excluding carboxylic acids is 2. The molecule has 6 aromatic rings. The molecule has 0 unspecified atom stereocenters. The maximum absolute atomic E-state index is 14.1. The molecule has 0 radical (unpaired) electrons. The number of thioether (sulfide) groups is 2. The van der Waals surface area contributed by atoms with Gasteiger partial charge in [0.15, 0.2) is 23.0 Å². The van der Waals surface area contributed by atoms with Gasteiger partial charge in [-0.2, -0.15) is 26.3 Å². The first-order chi connectivity index (χ1) is 37.2. The van der Waals surface area contributed by atoms with Crippen molar-refractivity contribution in [1.82, 2.24) is 9.80 Å². The number of carboxylic acids is 2. The molecule has 78 heavy (non-hydrogen) atoms. The fraction of sp³-hybridized carbons (Fsp3) is 0.179. The Morgan fingerprint density at radius 2 is 0.846 bits per heavy atom. The van der Waals surface area contributed by atoms with Crippen LogP contribution in [0.25, 0.3) is 12.2 Å². The van der Waals surface area contributed by atoms with E-state index in [0.717, 1.165) is 44.5 Å². The number of ether oxygens (including phenoxy) is 4. The van der Waals surface area contributed by atoms with Crippen molar-refractivity contribution in [3.05, 3.63) is 201 Å². The number of thiocarbonyl (C=S) groups is 2. The van der Waals surface area contributed by atoms with Crippen LogP contribution in [0.3, 0.4) is 0 Å². The third-order valence-electron chi connectivity index (χ3n) is 11.1. The van der Waals surface area contributed by atoms with Crippen molar-refractivity contribution >= 4 is 92.5 Å². The lowest BCUT2D eigenvalue weighted by Gasteiger charge is -2.24. The Morgan fingerprint density at radius 1 is 0.513 bits per heavy atom. The molecule has 2 aliphatic heterocycles. The zero-order valence-electron chi connectivity index (χ0n) is 40.5. The summed E-state index contributed by atoms with van der Waals surface area (Å²) in [5.41, 5.74) is 2.53. The molecule has 404 valence electrons. The van der Waals surface area contributed by atoms with E-state index in [2.05, 4.69) is 0 Å². The Balaban J connectivity index is 0.000000226. The average molecular weight is 1150 g/mol. The lowest BCUT2D eigenvalue weighted by atomic mass is 10.1. The summed E-state index contributed by atoms with van der Waals surface area (Å²) in [7, 11) is 0. The molecule has 12 nitrogen and oxygen atoms in total. The van der Waals surface area contributed by atoms with E-state index in [1.807, 2.05) is 60.7 Å². The third-order valence-corrected chi connectivity index (χ3v) is 13.9. The molecular weight excluding hydrogens is 1100 g/mol. The van der Waals surface area contributed by atoms with E-state index in [4.69, 9.17) is 53.6 Å². The van der Waals surface area contributed by atoms with E-state index in [9.17, 15) is 45.5 Å². The van der Waals surface area contributed by atoms with Crippen LogP contribution < -0.4 is 18.9 Å². The predicted octanol–water partition coefficient (Wildman–Crippen LogP) is 12.6. The van der Waals surface area contributed by atoms with Gasteiger partial charge >= 0.3 is 24.3 Å². The monoisotopic (exact) mass is 1150 g/mol. The number of aliphatic carboxylic acids is 2. The van der Waals surface area contributed by atoms with Gasteiger partial charge < -0.3 is 29.2 Å². The van der Waals surface area contributed by atoms with Crippen molar-refractivity contribution in [2.24, 2.45) is 0 Å². The molecule has 0 aromatic heterocycles. The van der Waals surface area contributed by atoms with Crippen LogP contribution in [-0.4, -0.2) is 91.1 Å². The summed E-state index contributed by atoms with van der Waals surface area (Å²) in [6.07, 6.45) is -10.1. The molecule has 2 N–H and O–H groups in total. The highest BCUT2D eigenvalue weighted by Crippen LogP contribution is 2.43. The van der Waals surface area contributed by atoms with E-state index >= 15 is 0 Å². The van der Waals surface area contributed by atoms with Gasteiger partial charge in [0.25, 0.3) is 11.8 Å². The van der Waals surface area contributed by atoms with Gasteiger partial charge in [-0.15, -0.1) is 0 Å². The van der Waals surface area contributed by atoms with E-state index in [1.165, 1.54) is 84.9 Å². The Labute approximate surface area is 462 Å². The van der Waals surface area contributed by atoms with Crippen LogP contribution in [0.5, 0.6) is 23.0 Å². The molecule has 2 atom stereocenters. The zero-order chi connectivity index (χ0) is 56.0. The fourth-order valence-electron chi connectivity index (χ4n) is 7.50. The summed E-state index contributed by atoms with van der Waals surface area (Å²) < 4.78 is 107. The highest BCUT2D eigenvalue weighted by Gasteiger charge is 2.45. The van der Waals surface area contributed by atoms with Crippen LogP contribution in [0.1, 0.15) is 45.6 Å². The zero-order valence-corrected chi connectivity index (χ0v) is 43.8. The molecule has 8 rings (SSSR count). The van der Waals surface area contributed by atoms with Gasteiger partial charge in [-0.05, 0) is 58.7 Å². The highest BCUT2D eigenvalue weighted by molar-refractivity contribution is 8.27. The smallest absolute Gasteiger partial charge is 0.429 e. The van der Waals surface area contributed by atoms with Gasteiger partial charge in [-0.1, -0.05) is 181 Å². The van der Waals surface area contributed by atoms with Crippen LogP contribution in [0.15, 0.2) is 168 Å². The van der Waals surface area contributed by atoms with Gasteiger partial charge in [-0.3, -0.25) is 29.0 Å². The molecule has 0 spiro atoms. The molecule has 0 aliphatic carbocycles. The van der Waals surface area contributed by atoms with Crippen LogP contribution in [0, 0.1) is 0 Å². The van der Waals surface area contributed by atoms with Gasteiger partial charge in [0.05, 0.1) is 23.0 Å². The Bertz CT molecular complexity index is 2970. The van der Waals surface area contributed by atoms with Crippen LogP contribution >= 0.6 is 48.0 Å². The first-order valence-corrected chi connectivity index (χ1v) is 25.8. The van der Waals surface area contributed by atoms with Crippen molar-refractivity contribution in [3.8, 4) is 23.0 Å². The van der Waals surface area contributed by atoms with Crippen molar-refractivity contribution in [2.75, 3.05) is 26.3 Å². The summed E-state index contributed by atoms with van der Waals surface area (Å²) in [6.45, 7) is -0.797. The molecule has 2 saturated heterocycles. The van der Waals surface area contributed by atoms with Gasteiger partial charge in [0.2, 0.25) is 12.2 Å². The molecule has 2 amide bonds. The number of nitrogens with zero attached hydrogens (tertiary/aromatic N) is 2. The molecule has 2 aliphatic rings. The molecule has 2 heterocycles. The first-order valence-electron chi connectivity index (χ1n) is 23.4. The summed E-state index contributed by atoms with van der Waals surface area (Å²) in [4.78, 5) is 49.6. The number of hydrogen-bond donors (Lipinski definition) is 2. The number of benzene rings is 6. The number of amides is 2. The lowest BCUT2D eigenvalue weighted by Crippen LogP contribution is -2.33. The normalized spacial score (nSPS) is 15.5. The number of alkyl halides is 6. The van der Waals surface area contributed by atoms with Crippen molar-refractivity contribution < 1.29 is 74.7 Å². The second-order valence-corrected chi connectivity index (χ2v) is 20.2. The van der Waals surface area contributed by atoms with E-state index in [0.29, 0.717) is 24.0 Å². The minimum atomic E-state index is -4.72. The quantitative estimate of drug-likeness (QED) is 0.0424. The fourth-order valence-corrected chi connectivity index (χ4v) is 10.0. The maximum atomic E-state index is 14.1. The van der Waals surface area contributed by atoms with Crippen molar-refractivity contribution in [1.29, 1.82) is 0 Å². The molecule has 2 fully saturated rings. The Hall–Kier alpha value is -7.66. The Kier molecular flexibility index (Phi) is 19.8. The molecule has 0 bridgehead atoms. The third kappa shape index (κ3) is 16.2. The van der Waals surface area contributed by atoms with E-state index in [-0.39, 0.29) is 65.8 Å². The molecular formula is C56H44F6N2O10S4. The molecule has 22 heteroatoms. The molecule has 6 aromatic carbocycles. The van der Waals surface area contributed by atoms with Gasteiger partial charge in [-0.25, -0.2) is 0 Å². The number of halogens is 6. The maximum Gasteiger partial charge on any atom is 0.429 e. The second kappa shape index (κ2) is 26.6. The minimum absolute atomic E-state index is 0.0761. The van der Waals surface area contributed by atoms with Crippen molar-refractivity contribution in [2.45, 2.75) is 37.4 Å². The average Bonchev–Trinajstić information content (AvgIpc) is 3.89. The lowest BCUT2D eigenvalue weighted by molar-refractivity contribution is -0.198. The predicted molar refractivity (Wildman–Crippen MR) is 291 cm³/mol. The SMILES string of the molecule is O=C(O)CN1C(=O)C(=Cc2ccc(OCCc3ccccc3)c(O[C@@H](c3ccccc3)C(F)(F)F)c2)SC1=S.O=C(O)CN1C(=O)C(=Cc2ccc(OCCc3ccccc3)c(O[C@H](c3ccccc3)C(F)(F)F)c2)SC1=S. The minimum Gasteiger partial charge on any atom is -0.489 e. The van der Waals surface area contributed by atoms with Gasteiger partial charge in [0, 0.05) is 24.0 Å². The second-order valence-electron chi connectivity index (χ2n) is 16.8. The van der Waals surface area contributed by atoms with E-state index < -0.39 is 61.4 Å². The standard InChI is InChI=1S/2C28H22F3NO5S2/c2*29-28(30,31)25(20-9-5-2-6-10-20)37-22-15-19(16-23-26(35)32(17-24(33)34)27(38)39-23)11-12-21(22)36-14-13-18-7-3-1-4-8-18/h2*1-12,15-16,25H,13-14,17H2,(H,33,34)/t2*25-/m10/s1. The highest BCUT2D eigenvalue weighted by atomic mass is 32.2. The first kappa shape index (κ1) is 58.0. The summed E-state index contributed by atoms with van der Waals surface area (Å²) >= 11 is 12.0. The Morgan fingerprint density at radius 3 is 1.17 bits per heavy atom. The summed E-state index contributed by atoms with van der Waals surface area (Å²) in [5, 5.41) is 18.1. The summed E-state index contributed by atoms with van der Waals surface area (Å²) in [5.74, 6) is -3.77. The van der Waals surface area contributed by atoms with Crippen LogP contribution in [0.2, 0.25) is 0 Å². The topological polar surface area (TPSA) is 152 Å². The number of hydrogen-bond acceptors (Lipinski definition) is 12. The number of carboxylic acid groups (broad SMARTS) is 2. The van der Waals surface area contributed by atoms with Gasteiger partial charge in [0.1, 0.15) is 21.7 Å². The van der Waals surface area contributed by atoms with Crippen LogP contribution in [0.4, 0.5) is 26.3 Å². The van der Waals surface area contributed by atoms with Crippen molar-refractivity contribution in [3.63, 3.8) is 0 Å². The number of carbonyl (C=O) groups is 4. The number of rotatable bonds is 20. The van der Waals surface area contributed by atoms with Crippen LogP contribution in [-0.2, 0) is 32.0 Å². The van der Waals surface area contributed by atoms with E-state index in [1.54, 1.807) is 24.3 Å². The molecule has 0 saturated carbocycles. The largest absolute Gasteiger partial charge is 0.489 e.